The van der Waals surface area contributed by atoms with Gasteiger partial charge >= 0.3 is 0 Å². The molecule has 0 saturated heterocycles. The summed E-state index contributed by atoms with van der Waals surface area (Å²) in [5, 5.41) is 0. The Hall–Kier alpha value is -9.76. The molecule has 120 heavy (non-hydrogen) atoms. The van der Waals surface area contributed by atoms with Crippen molar-refractivity contribution in [1.82, 2.24) is 0 Å². The number of benzene rings is 16. The van der Waals surface area contributed by atoms with Gasteiger partial charge in [-0.2, -0.15) is 0 Å². The van der Waals surface area contributed by atoms with Gasteiger partial charge in [-0.3, -0.25) is 0 Å². The lowest BCUT2D eigenvalue weighted by atomic mass is 10.3. The predicted molar refractivity (Wildman–Crippen MR) is 525 cm³/mol. The van der Waals surface area contributed by atoms with Crippen molar-refractivity contribution in [2.75, 3.05) is 0 Å². The minimum Gasteiger partial charge on any atom is -0.455 e. The zero-order chi connectivity index (χ0) is 83.0. The summed E-state index contributed by atoms with van der Waals surface area (Å²) in [4.78, 5) is 15.1. The van der Waals surface area contributed by atoms with Gasteiger partial charge in [0.1, 0.15) is 51.1 Å². The van der Waals surface area contributed by atoms with Crippen LogP contribution in [0.2, 0.25) is 0 Å². The van der Waals surface area contributed by atoms with E-state index in [4.69, 9.17) is 37.9 Å². The highest BCUT2D eigenvalue weighted by Crippen LogP contribution is 2.40. The Morgan fingerprint density at radius 3 is 0.683 bits per heavy atom. The first-order valence-corrected chi connectivity index (χ1v) is 48.1. The summed E-state index contributed by atoms with van der Waals surface area (Å²) in [7, 11) is -0.791. The molecule has 600 valence electrons. The lowest BCUT2D eigenvalue weighted by Gasteiger charge is -2.18. The summed E-state index contributed by atoms with van der Waals surface area (Å²) in [5.74, 6) is 6.44. The third-order valence-electron chi connectivity index (χ3n) is 17.7. The molecule has 0 radical (unpaired) electrons. The highest BCUT2D eigenvalue weighted by molar-refractivity contribution is 14.1. The molecule has 0 saturated carbocycles. The van der Waals surface area contributed by atoms with Crippen molar-refractivity contribution in [3.05, 3.63) is 451 Å². The average Bonchev–Trinajstić information content (AvgIpc) is 0.843. The number of ether oxygens (including phenoxy) is 8. The third kappa shape index (κ3) is 26.9. The van der Waals surface area contributed by atoms with Crippen LogP contribution in [0, 0.1) is 14.3 Å². The summed E-state index contributed by atoms with van der Waals surface area (Å²) >= 11 is 9.12. The fourth-order valence-corrected chi connectivity index (χ4v) is 22.9. The van der Waals surface area contributed by atoms with Gasteiger partial charge in [0, 0.05) is 48.0 Å². The van der Waals surface area contributed by atoms with Crippen LogP contribution < -0.4 is 37.9 Å². The van der Waals surface area contributed by atoms with Crippen LogP contribution in [0.1, 0.15) is 27.7 Å². The molecule has 4 unspecified atom stereocenters. The minimum atomic E-state index is -0.415. The highest BCUT2D eigenvalue weighted by Gasteiger charge is 2.34. The van der Waals surface area contributed by atoms with Crippen LogP contribution in [0.15, 0.2) is 496 Å². The Balaban J connectivity index is 0.000000138. The van der Waals surface area contributed by atoms with Crippen molar-refractivity contribution in [1.29, 1.82) is 0 Å². The number of para-hydroxylation sites is 1. The average molecular weight is 2100 g/mol. The van der Waals surface area contributed by atoms with Crippen LogP contribution >= 0.6 is 90.4 Å². The van der Waals surface area contributed by atoms with Gasteiger partial charge in [0.25, 0.3) is 0 Å². The van der Waals surface area contributed by atoms with Crippen LogP contribution in [0.3, 0.4) is 0 Å². The fourth-order valence-electron chi connectivity index (χ4n) is 12.5. The molecule has 16 aromatic rings. The maximum atomic E-state index is 6.30. The van der Waals surface area contributed by atoms with E-state index in [1.165, 1.54) is 57.4 Å². The van der Waals surface area contributed by atoms with Gasteiger partial charge < -0.3 is 37.9 Å². The number of halogens is 4. The molecule has 0 aromatic heterocycles. The molecule has 0 heterocycles. The molecule has 16 rings (SSSR count). The molecule has 0 amide bonds. The second-order valence-electron chi connectivity index (χ2n) is 26.6. The Morgan fingerprint density at radius 2 is 0.383 bits per heavy atom. The van der Waals surface area contributed by atoms with Gasteiger partial charge in [0.15, 0.2) is 59.6 Å². The van der Waals surface area contributed by atoms with E-state index in [1.807, 2.05) is 167 Å². The number of hydrogen-bond donors (Lipinski definition) is 0. The molecule has 0 N–H and O–H groups in total. The van der Waals surface area contributed by atoms with Gasteiger partial charge in [-0.1, -0.05) is 182 Å². The molecule has 16 aromatic carbocycles. The molecular weight excluding hydrogens is 2010 g/mol. The van der Waals surface area contributed by atoms with Crippen molar-refractivity contribution in [3.63, 3.8) is 0 Å². The fraction of sp³-hybridized carbons (Fsp3) is 0.0769. The van der Waals surface area contributed by atoms with Crippen molar-refractivity contribution in [3.8, 4) is 46.0 Å². The second-order valence-corrected chi connectivity index (χ2v) is 39.7. The molecule has 0 bridgehead atoms. The molecule has 4 atom stereocenters. The van der Waals surface area contributed by atoms with E-state index in [0.717, 1.165) is 61.6 Å². The smallest absolute Gasteiger partial charge is 0.238 e. The van der Waals surface area contributed by atoms with Crippen molar-refractivity contribution in [2.45, 2.75) is 112 Å². The normalized spacial score (nSPS) is 11.8. The lowest BCUT2D eigenvalue weighted by Crippen LogP contribution is -2.21. The standard InChI is InChI=1S/4C26H22IO2S/c1-20(28-22-11-8-10-21(27)18-22)29-23-12-9-17-26(19-23)30(24-13-4-2-5-14-24)25-15-6-3-7-16-25;1-20(28-22-12-10-11-21(27)19-22)29-25-17-8-9-18-26(25)30(23-13-4-2-5-14-23)24-15-6-3-7-16-24;1-20(29-23-10-8-9-21(27)19-23)28-22-15-17-26(18-16-22)30(24-11-4-2-5-12-24)25-13-6-3-7-14-25;1-20(28-22-14-12-21(27)13-15-22)29-23-16-18-26(19-17-23)30(24-8-4-2-5-9-24)25-10-6-3-7-11-25/h4*2-20H,1H3/q4*+1. The van der Waals surface area contributed by atoms with E-state index in [1.54, 1.807) is 0 Å². The van der Waals surface area contributed by atoms with E-state index in [-0.39, 0.29) is 56.2 Å². The summed E-state index contributed by atoms with van der Waals surface area (Å²) in [6.45, 7) is 7.66. The largest absolute Gasteiger partial charge is 0.455 e. The maximum Gasteiger partial charge on any atom is 0.238 e. The topological polar surface area (TPSA) is 73.8 Å². The molecule has 16 heteroatoms. The van der Waals surface area contributed by atoms with E-state index in [2.05, 4.69) is 388 Å². The molecule has 0 aliphatic heterocycles. The van der Waals surface area contributed by atoms with Crippen LogP contribution in [0.5, 0.6) is 46.0 Å². The van der Waals surface area contributed by atoms with Gasteiger partial charge in [0.2, 0.25) is 30.1 Å². The van der Waals surface area contributed by atoms with E-state index >= 15 is 0 Å². The quantitative estimate of drug-likeness (QED) is 0.0273. The highest BCUT2D eigenvalue weighted by atomic mass is 127. The summed E-state index contributed by atoms with van der Waals surface area (Å²) < 4.78 is 52.7. The molecule has 0 fully saturated rings. The van der Waals surface area contributed by atoms with Gasteiger partial charge in [-0.25, -0.2) is 0 Å². The SMILES string of the molecule is CC(Oc1ccc(I)cc1)Oc1ccc([S+](c2ccccc2)c2ccccc2)cc1.CC(Oc1ccc([S+](c2ccccc2)c2ccccc2)cc1)Oc1cccc(I)c1.CC(Oc1cccc(I)c1)Oc1cccc([S+](c2ccccc2)c2ccccc2)c1.CC(Oc1cccc(I)c1)Oc1ccccc1[S+](c1ccccc1)c1ccccc1. The first-order valence-electron chi connectivity index (χ1n) is 38.9. The Bertz CT molecular complexity index is 5560. The summed E-state index contributed by atoms with van der Waals surface area (Å²) in [5.41, 5.74) is 0. The van der Waals surface area contributed by atoms with Crippen molar-refractivity contribution in [2.24, 2.45) is 0 Å². The summed E-state index contributed by atoms with van der Waals surface area (Å²) in [6.07, 6.45) is -1.57. The van der Waals surface area contributed by atoms with Crippen LogP contribution in [-0.2, 0) is 43.6 Å². The first-order chi connectivity index (χ1) is 58.8. The molecule has 0 spiro atoms. The minimum absolute atomic E-state index is 0.157. The first kappa shape index (κ1) is 88.0. The zero-order valence-electron chi connectivity index (χ0n) is 66.3. The Morgan fingerprint density at radius 1 is 0.167 bits per heavy atom. The van der Waals surface area contributed by atoms with Crippen LogP contribution in [0.25, 0.3) is 0 Å². The van der Waals surface area contributed by atoms with Crippen LogP contribution in [0.4, 0.5) is 0 Å². The van der Waals surface area contributed by atoms with Crippen molar-refractivity contribution < 1.29 is 37.9 Å². The molecule has 8 nitrogen and oxygen atoms in total. The third-order valence-corrected chi connectivity index (χ3v) is 29.3. The second kappa shape index (κ2) is 46.3. The zero-order valence-corrected chi connectivity index (χ0v) is 78.2. The van der Waals surface area contributed by atoms with Crippen molar-refractivity contribution >= 4 is 134 Å². The van der Waals surface area contributed by atoms with Gasteiger partial charge in [-0.15, -0.1) is 0 Å². The van der Waals surface area contributed by atoms with E-state index in [9.17, 15) is 0 Å². The van der Waals surface area contributed by atoms with Gasteiger partial charge in [-0.05, 0) is 339 Å². The lowest BCUT2D eigenvalue weighted by molar-refractivity contribution is 0.0198. The number of hydrogen-bond acceptors (Lipinski definition) is 8. The monoisotopic (exact) mass is 2100 g/mol. The molecular formula is C104H88I4O8S4+4. The molecule has 0 aliphatic carbocycles. The Labute approximate surface area is 772 Å². The van der Waals surface area contributed by atoms with E-state index in [0.29, 0.717) is 0 Å². The van der Waals surface area contributed by atoms with Gasteiger partial charge in [0.05, 0.1) is 32.7 Å². The maximum absolute atomic E-state index is 6.30. The Kier molecular flexibility index (Phi) is 34.0. The predicted octanol–water partition coefficient (Wildman–Crippen LogP) is 28.8. The summed E-state index contributed by atoms with van der Waals surface area (Å²) in [6, 6.07) is 150. The van der Waals surface area contributed by atoms with Crippen LogP contribution in [-0.4, -0.2) is 25.2 Å². The molecule has 0 aliphatic rings. The number of rotatable bonds is 28. The van der Waals surface area contributed by atoms with E-state index < -0.39 is 12.6 Å².